The van der Waals surface area contributed by atoms with Gasteiger partial charge in [-0.25, -0.2) is 4.79 Å². The molecule has 0 unspecified atom stereocenters. The minimum atomic E-state index is -1.42. The second-order valence-electron chi connectivity index (χ2n) is 13.4. The molecule has 4 amide bonds. The Kier molecular flexibility index (Phi) is 21.7. The van der Waals surface area contributed by atoms with Gasteiger partial charge in [0.05, 0.1) is 12.1 Å². The first-order chi connectivity index (χ1) is 25.4. The highest BCUT2D eigenvalue weighted by Crippen LogP contribution is 2.28. The van der Waals surface area contributed by atoms with Crippen LogP contribution in [0.1, 0.15) is 103 Å². The zero-order valence-corrected chi connectivity index (χ0v) is 30.3. The Hall–Kier alpha value is -5.14. The number of amides is 4. The van der Waals surface area contributed by atoms with E-state index in [1.54, 1.807) is 0 Å². The van der Waals surface area contributed by atoms with Crippen molar-refractivity contribution in [1.29, 1.82) is 0 Å². The Morgan fingerprint density at radius 3 is 1.65 bits per heavy atom. The lowest BCUT2D eigenvalue weighted by atomic mass is 9.81. The molecule has 0 aromatic heterocycles. The van der Waals surface area contributed by atoms with Gasteiger partial charge in [0.25, 0.3) is 0 Å². The van der Waals surface area contributed by atoms with Crippen molar-refractivity contribution in [3.63, 3.8) is 0 Å². The van der Waals surface area contributed by atoms with Gasteiger partial charge in [0.15, 0.2) is 5.78 Å². The first-order valence-corrected chi connectivity index (χ1v) is 17.9. The topological polar surface area (TPSA) is 332 Å². The summed E-state index contributed by atoms with van der Waals surface area (Å²) in [4.78, 5) is 119. The number of hydrogen-bond donors (Lipinski definition) is 10. The molecule has 1 fully saturated rings. The number of nitrogens with one attached hydrogen (secondary N) is 5. The van der Waals surface area contributed by atoms with Gasteiger partial charge in [-0.05, 0) is 70.6 Å². The molecule has 10 N–H and O–H groups in total. The zero-order valence-electron chi connectivity index (χ0n) is 30.3. The van der Waals surface area contributed by atoms with Crippen LogP contribution in [-0.4, -0.2) is 122 Å². The lowest BCUT2D eigenvalue weighted by molar-refractivity contribution is -0.143. The fraction of sp³-hybridized carbons (Fsp3) is 0.706. The van der Waals surface area contributed by atoms with Crippen LogP contribution in [0.15, 0.2) is 0 Å². The molecule has 20 nitrogen and oxygen atoms in total. The summed E-state index contributed by atoms with van der Waals surface area (Å²) >= 11 is 0. The van der Waals surface area contributed by atoms with E-state index >= 15 is 0 Å². The average molecular weight is 772 g/mol. The van der Waals surface area contributed by atoms with Crippen LogP contribution >= 0.6 is 0 Å². The number of carboxylic acid groups (broad SMARTS) is 5. The summed E-state index contributed by atoms with van der Waals surface area (Å²) in [5.74, 6) is -9.14. The van der Waals surface area contributed by atoms with E-state index in [1.807, 2.05) is 0 Å². The monoisotopic (exact) mass is 771 g/mol. The van der Waals surface area contributed by atoms with Crippen LogP contribution in [0.4, 0.5) is 0 Å². The molecule has 1 rings (SSSR count). The van der Waals surface area contributed by atoms with Gasteiger partial charge >= 0.3 is 29.8 Å². The normalized spacial score (nSPS) is 17.4. The molecule has 54 heavy (non-hydrogen) atoms. The maximum Gasteiger partial charge on any atom is 0.326 e. The van der Waals surface area contributed by atoms with Gasteiger partial charge in [0.1, 0.15) is 6.04 Å². The molecular weight excluding hydrogens is 718 g/mol. The Morgan fingerprint density at radius 1 is 0.574 bits per heavy atom. The van der Waals surface area contributed by atoms with Crippen molar-refractivity contribution >= 4 is 59.3 Å². The lowest BCUT2D eigenvalue weighted by Gasteiger charge is -2.29. The Morgan fingerprint density at radius 2 is 1.11 bits per heavy atom. The average Bonchev–Trinajstić information content (AvgIpc) is 3.08. The van der Waals surface area contributed by atoms with Gasteiger partial charge in [-0.2, -0.15) is 0 Å². The van der Waals surface area contributed by atoms with Crippen LogP contribution < -0.4 is 26.6 Å². The number of carbonyl (C=O) groups excluding carboxylic acids is 5. The molecule has 0 spiro atoms. The van der Waals surface area contributed by atoms with Gasteiger partial charge in [-0.3, -0.25) is 43.2 Å². The second kappa shape index (κ2) is 25.0. The Balaban J connectivity index is 2.76. The Bertz CT molecular complexity index is 1350. The van der Waals surface area contributed by atoms with Gasteiger partial charge < -0.3 is 52.1 Å². The largest absolute Gasteiger partial charge is 0.481 e. The first-order valence-electron chi connectivity index (χ1n) is 17.9. The number of Topliss-reactive ketones (excluding diaryl/α,β-unsaturated/α-hetero) is 1. The van der Waals surface area contributed by atoms with Crippen molar-refractivity contribution in [2.45, 2.75) is 127 Å². The molecule has 0 aliphatic heterocycles. The van der Waals surface area contributed by atoms with Gasteiger partial charge in [0.2, 0.25) is 23.6 Å². The summed E-state index contributed by atoms with van der Waals surface area (Å²) in [5, 5.41) is 58.7. The van der Waals surface area contributed by atoms with Crippen molar-refractivity contribution < 1.29 is 73.5 Å². The molecule has 4 atom stereocenters. The van der Waals surface area contributed by atoms with Crippen LogP contribution in [0.25, 0.3) is 0 Å². The third-order valence-corrected chi connectivity index (χ3v) is 8.97. The van der Waals surface area contributed by atoms with E-state index in [1.165, 1.54) is 0 Å². The predicted octanol–water partition coefficient (Wildman–Crippen LogP) is -0.375. The molecule has 304 valence electrons. The summed E-state index contributed by atoms with van der Waals surface area (Å²) in [5.41, 5.74) is 0. The van der Waals surface area contributed by atoms with Crippen LogP contribution in [-0.2, 0) is 47.9 Å². The van der Waals surface area contributed by atoms with Crippen LogP contribution in [0.5, 0.6) is 0 Å². The molecule has 0 aromatic carbocycles. The summed E-state index contributed by atoms with van der Waals surface area (Å²) in [7, 11) is 0. The lowest BCUT2D eigenvalue weighted by Crippen LogP contribution is -2.53. The van der Waals surface area contributed by atoms with E-state index in [2.05, 4.69) is 26.6 Å². The quantitative estimate of drug-likeness (QED) is 0.0485. The van der Waals surface area contributed by atoms with Crippen molar-refractivity contribution in [2.24, 2.45) is 11.8 Å². The molecular formula is C34H53N5O15. The Labute approximate surface area is 311 Å². The van der Waals surface area contributed by atoms with Crippen LogP contribution in [0.3, 0.4) is 0 Å². The minimum Gasteiger partial charge on any atom is -0.481 e. The van der Waals surface area contributed by atoms with Gasteiger partial charge in [-0.1, -0.05) is 0 Å². The third kappa shape index (κ3) is 20.8. The highest BCUT2D eigenvalue weighted by Gasteiger charge is 2.31. The van der Waals surface area contributed by atoms with Crippen molar-refractivity contribution in [3.05, 3.63) is 0 Å². The predicted molar refractivity (Wildman–Crippen MR) is 186 cm³/mol. The molecule has 20 heteroatoms. The van der Waals surface area contributed by atoms with Crippen molar-refractivity contribution in [3.8, 4) is 0 Å². The van der Waals surface area contributed by atoms with E-state index in [0.29, 0.717) is 32.2 Å². The molecule has 1 saturated carbocycles. The van der Waals surface area contributed by atoms with Gasteiger partial charge in [-0.15, -0.1) is 0 Å². The van der Waals surface area contributed by atoms with E-state index in [9.17, 15) is 58.2 Å². The van der Waals surface area contributed by atoms with Crippen molar-refractivity contribution in [1.82, 2.24) is 26.6 Å². The molecule has 0 saturated heterocycles. The van der Waals surface area contributed by atoms with E-state index in [-0.39, 0.29) is 69.7 Å². The van der Waals surface area contributed by atoms with E-state index < -0.39 is 103 Å². The van der Waals surface area contributed by atoms with Crippen molar-refractivity contribution in [2.75, 3.05) is 13.1 Å². The van der Waals surface area contributed by atoms with Crippen LogP contribution in [0.2, 0.25) is 0 Å². The molecule has 0 radical (unpaired) electrons. The summed E-state index contributed by atoms with van der Waals surface area (Å²) in [6.45, 7) is 1.30. The molecule has 0 aromatic rings. The van der Waals surface area contributed by atoms with Gasteiger partial charge in [0, 0.05) is 63.6 Å². The molecule has 0 bridgehead atoms. The SMILES string of the molecule is CC(=O)[C@H](CCC(=O)O)NC(=O)[C@H](CCC(=O)O)NC[C@H](CCC(=O)O)NC(=O)CC[C@H](NC(=O)[C@H]1CC[C@H](CNC(=O)CCCC(=O)O)CC1)C(=O)O. The summed E-state index contributed by atoms with van der Waals surface area (Å²) < 4.78 is 0. The summed E-state index contributed by atoms with van der Waals surface area (Å²) in [6, 6.07) is -4.73. The highest BCUT2D eigenvalue weighted by atomic mass is 16.4. The molecule has 1 aliphatic rings. The fourth-order valence-electron chi connectivity index (χ4n) is 5.82. The second-order valence-corrected chi connectivity index (χ2v) is 13.4. The summed E-state index contributed by atoms with van der Waals surface area (Å²) in [6.07, 6.45) is -0.300. The maximum atomic E-state index is 13.0. The first kappa shape index (κ1) is 46.9. The molecule has 0 heterocycles. The van der Waals surface area contributed by atoms with E-state index in [4.69, 9.17) is 15.3 Å². The smallest absolute Gasteiger partial charge is 0.326 e. The number of aliphatic carboxylic acids is 5. The standard InChI is InChI=1S/C34H53N5O15/c1-19(40)23(11-15-30(47)48)38-33(52)24(12-16-31(49)50)35-18-22(9-14-29(45)46)37-27(42)13-10-25(34(53)54)39-32(51)21-7-5-20(6-8-21)17-36-26(41)3-2-4-28(43)44/h20-25,35H,2-18H2,1H3,(H,36,41)(H,37,42)(H,38,52)(H,39,51)(H,43,44)(H,45,46)(H,47,48)(H,49,50)(H,53,54)/t20-,21-,22-,23-,24-,25-/m0/s1. The highest BCUT2D eigenvalue weighted by molar-refractivity contribution is 5.90. The van der Waals surface area contributed by atoms with Crippen LogP contribution in [0, 0.1) is 11.8 Å². The maximum absolute atomic E-state index is 13.0. The molecule has 1 aliphatic carbocycles. The number of carbonyl (C=O) groups is 10. The third-order valence-electron chi connectivity index (χ3n) is 8.97. The minimum absolute atomic E-state index is 0.0919. The number of rotatable bonds is 28. The van der Waals surface area contributed by atoms with E-state index in [0.717, 1.165) is 6.92 Å². The number of hydrogen-bond acceptors (Lipinski definition) is 11. The number of ketones is 1. The number of carboxylic acids is 5. The fourth-order valence-corrected chi connectivity index (χ4v) is 5.82. The zero-order chi connectivity index (χ0) is 40.8.